The molecular formula is C9H10BrN2NaO5. The Kier molecular flexibility index (Phi) is 9.91. The second-order valence-electron chi connectivity index (χ2n) is 2.79. The van der Waals surface area contributed by atoms with Crippen molar-refractivity contribution in [3.8, 4) is 5.75 Å². The normalized spacial score (nSPS) is 8.39. The van der Waals surface area contributed by atoms with E-state index in [1.54, 1.807) is 6.07 Å². The molecule has 0 saturated heterocycles. The molecule has 1 aromatic rings. The second kappa shape index (κ2) is 9.15. The number of hydrogen-bond donors (Lipinski definition) is 1. The van der Waals surface area contributed by atoms with E-state index in [2.05, 4.69) is 15.9 Å². The van der Waals surface area contributed by atoms with Gasteiger partial charge in [0.05, 0.1) is 12.0 Å². The number of nitro benzene ring substituents is 1. The van der Waals surface area contributed by atoms with Crippen molar-refractivity contribution in [2.75, 3.05) is 12.8 Å². The van der Waals surface area contributed by atoms with Gasteiger partial charge in [0.1, 0.15) is 5.75 Å². The van der Waals surface area contributed by atoms with Gasteiger partial charge in [-0.2, -0.15) is 0 Å². The minimum Gasteiger partial charge on any atom is -0.550 e. The van der Waals surface area contributed by atoms with Gasteiger partial charge in [0.2, 0.25) is 0 Å². The first-order valence-corrected chi connectivity index (χ1v) is 5.03. The van der Waals surface area contributed by atoms with Crippen molar-refractivity contribution in [3.63, 3.8) is 0 Å². The number of rotatable bonds is 2. The van der Waals surface area contributed by atoms with Crippen LogP contribution >= 0.6 is 15.9 Å². The SMILES string of the molecule is CC(=O)[O-].COc1cc(Br)cc([N+](=O)[O-])c1N.[Na+]. The number of nitrogen functional groups attached to an aromatic ring is 1. The van der Waals surface area contributed by atoms with Gasteiger partial charge in [-0.3, -0.25) is 10.1 Å². The molecule has 0 atom stereocenters. The van der Waals surface area contributed by atoms with Crippen LogP contribution in [0.5, 0.6) is 5.75 Å². The van der Waals surface area contributed by atoms with Crippen LogP contribution < -0.4 is 45.1 Å². The van der Waals surface area contributed by atoms with E-state index in [0.717, 1.165) is 6.92 Å². The largest absolute Gasteiger partial charge is 1.00 e. The van der Waals surface area contributed by atoms with Crippen LogP contribution in [0.4, 0.5) is 11.4 Å². The predicted molar refractivity (Wildman–Crippen MR) is 62.4 cm³/mol. The molecule has 1 rings (SSSR count). The van der Waals surface area contributed by atoms with Crippen LogP contribution in [0.25, 0.3) is 0 Å². The van der Waals surface area contributed by atoms with Crippen molar-refractivity contribution >= 4 is 33.3 Å². The molecule has 2 N–H and O–H groups in total. The van der Waals surface area contributed by atoms with Crippen molar-refractivity contribution < 1.29 is 49.1 Å². The van der Waals surface area contributed by atoms with Crippen LogP contribution in [0.1, 0.15) is 6.92 Å². The molecule has 7 nitrogen and oxygen atoms in total. The van der Waals surface area contributed by atoms with E-state index in [1.807, 2.05) is 0 Å². The topological polar surface area (TPSA) is 119 Å². The van der Waals surface area contributed by atoms with E-state index >= 15 is 0 Å². The zero-order valence-corrected chi connectivity index (χ0v) is 13.7. The Morgan fingerprint density at radius 2 is 1.94 bits per heavy atom. The Morgan fingerprint density at radius 3 is 2.28 bits per heavy atom. The maximum atomic E-state index is 10.5. The summed E-state index contributed by atoms with van der Waals surface area (Å²) in [6.45, 7) is 0.972. The molecule has 0 aliphatic carbocycles. The Hall–Kier alpha value is -0.830. The molecule has 0 amide bonds. The second-order valence-corrected chi connectivity index (χ2v) is 3.71. The van der Waals surface area contributed by atoms with Gasteiger partial charge in [-0.25, -0.2) is 0 Å². The number of carbonyl (C=O) groups is 1. The Balaban J connectivity index is 0. The fourth-order valence-corrected chi connectivity index (χ4v) is 1.32. The van der Waals surface area contributed by atoms with Crippen molar-refractivity contribution in [2.45, 2.75) is 6.92 Å². The third-order valence-electron chi connectivity index (χ3n) is 1.50. The van der Waals surface area contributed by atoms with Crippen molar-refractivity contribution in [1.82, 2.24) is 0 Å². The average Bonchev–Trinajstić information content (AvgIpc) is 2.19. The van der Waals surface area contributed by atoms with Crippen molar-refractivity contribution in [2.24, 2.45) is 0 Å². The number of hydrogen-bond acceptors (Lipinski definition) is 6. The standard InChI is InChI=1S/C7H7BrN2O3.C2H4O2.Na/c1-13-6-3-4(8)2-5(7(6)9)10(11)12;1-2(3)4;/h2-3H,9H2,1H3;1H3,(H,3,4);/q;;+1/p-1. The summed E-state index contributed by atoms with van der Waals surface area (Å²) >= 11 is 3.12. The summed E-state index contributed by atoms with van der Waals surface area (Å²) < 4.78 is 5.42. The fourth-order valence-electron chi connectivity index (χ4n) is 0.899. The molecule has 1 aromatic carbocycles. The number of aliphatic carboxylic acids is 1. The predicted octanol–water partition coefficient (Wildman–Crippen LogP) is -2.29. The number of anilines is 1. The van der Waals surface area contributed by atoms with E-state index in [4.69, 9.17) is 20.4 Å². The fraction of sp³-hybridized carbons (Fsp3) is 0.222. The van der Waals surface area contributed by atoms with Gasteiger partial charge in [-0.05, 0) is 13.0 Å². The summed E-state index contributed by atoms with van der Waals surface area (Å²) in [6, 6.07) is 2.90. The number of carboxylic acids is 1. The average molecular weight is 329 g/mol. The van der Waals surface area contributed by atoms with Crippen LogP contribution in [0.3, 0.4) is 0 Å². The van der Waals surface area contributed by atoms with Gasteiger partial charge < -0.3 is 20.4 Å². The molecule has 0 heterocycles. The zero-order chi connectivity index (χ0) is 13.6. The van der Waals surface area contributed by atoms with E-state index < -0.39 is 10.9 Å². The molecule has 18 heavy (non-hydrogen) atoms. The number of halogens is 1. The van der Waals surface area contributed by atoms with Crippen LogP contribution in [-0.2, 0) is 4.79 Å². The Bertz CT molecular complexity index is 437. The monoisotopic (exact) mass is 328 g/mol. The van der Waals surface area contributed by atoms with Crippen LogP contribution in [-0.4, -0.2) is 18.0 Å². The number of nitrogens with two attached hydrogens (primary N) is 1. The number of methoxy groups -OCH3 is 1. The Morgan fingerprint density at radius 1 is 1.50 bits per heavy atom. The Labute approximate surface area is 134 Å². The minimum atomic E-state index is -1.08. The molecule has 0 aromatic heterocycles. The van der Waals surface area contributed by atoms with E-state index in [-0.39, 0.29) is 40.9 Å². The molecule has 0 aliphatic heterocycles. The molecule has 0 radical (unpaired) electrons. The number of nitro groups is 1. The number of nitrogens with zero attached hydrogens (tertiary/aromatic N) is 1. The summed E-state index contributed by atoms with van der Waals surface area (Å²) in [4.78, 5) is 18.8. The quantitative estimate of drug-likeness (QED) is 0.282. The first kappa shape index (κ1) is 19.5. The number of carboxylic acid groups (broad SMARTS) is 1. The molecule has 0 bridgehead atoms. The zero-order valence-electron chi connectivity index (χ0n) is 10.1. The van der Waals surface area contributed by atoms with Gasteiger partial charge in [0.25, 0.3) is 5.69 Å². The summed E-state index contributed by atoms with van der Waals surface area (Å²) in [5.41, 5.74) is 5.35. The molecule has 0 saturated carbocycles. The van der Waals surface area contributed by atoms with E-state index in [0.29, 0.717) is 10.2 Å². The maximum Gasteiger partial charge on any atom is 1.00 e. The van der Waals surface area contributed by atoms with Gasteiger partial charge in [0, 0.05) is 16.5 Å². The van der Waals surface area contributed by atoms with Gasteiger partial charge in [-0.15, -0.1) is 0 Å². The van der Waals surface area contributed by atoms with E-state index in [1.165, 1.54) is 13.2 Å². The summed E-state index contributed by atoms with van der Waals surface area (Å²) in [7, 11) is 1.40. The molecule has 0 aliphatic rings. The van der Waals surface area contributed by atoms with Crippen LogP contribution in [0, 0.1) is 10.1 Å². The van der Waals surface area contributed by atoms with Crippen LogP contribution in [0.15, 0.2) is 16.6 Å². The number of ether oxygens (including phenoxy) is 1. The molecule has 9 heteroatoms. The van der Waals surface area contributed by atoms with Gasteiger partial charge in [-0.1, -0.05) is 15.9 Å². The van der Waals surface area contributed by atoms with Gasteiger partial charge >= 0.3 is 29.6 Å². The van der Waals surface area contributed by atoms with Crippen LogP contribution in [0.2, 0.25) is 0 Å². The molecule has 0 spiro atoms. The molecule has 94 valence electrons. The minimum absolute atomic E-state index is 0. The molecule has 0 unspecified atom stereocenters. The smallest absolute Gasteiger partial charge is 0.550 e. The maximum absolute atomic E-state index is 10.5. The number of benzene rings is 1. The van der Waals surface area contributed by atoms with E-state index in [9.17, 15) is 10.1 Å². The van der Waals surface area contributed by atoms with Gasteiger partial charge in [0.15, 0.2) is 5.69 Å². The third kappa shape index (κ3) is 6.80. The summed E-state index contributed by atoms with van der Waals surface area (Å²) in [6.07, 6.45) is 0. The third-order valence-corrected chi connectivity index (χ3v) is 1.96. The molecular weight excluding hydrogens is 319 g/mol. The number of carbonyl (C=O) groups excluding carboxylic acids is 1. The first-order valence-electron chi connectivity index (χ1n) is 4.24. The summed E-state index contributed by atoms with van der Waals surface area (Å²) in [5, 5.41) is 19.4. The summed E-state index contributed by atoms with van der Waals surface area (Å²) in [5.74, 6) is -0.791. The first-order chi connectivity index (χ1) is 7.79. The molecule has 0 fully saturated rings. The van der Waals surface area contributed by atoms with Crippen molar-refractivity contribution in [1.29, 1.82) is 0 Å². The van der Waals surface area contributed by atoms with Crippen molar-refractivity contribution in [3.05, 3.63) is 26.7 Å².